The van der Waals surface area contributed by atoms with Gasteiger partial charge in [0.15, 0.2) is 0 Å². The number of benzene rings is 2. The molecule has 0 spiro atoms. The van der Waals surface area contributed by atoms with Gasteiger partial charge in [0.1, 0.15) is 12.6 Å². The van der Waals surface area contributed by atoms with Crippen LogP contribution in [0.2, 0.25) is 0 Å². The van der Waals surface area contributed by atoms with Gasteiger partial charge in [-0.25, -0.2) is 9.78 Å². The molecule has 0 aliphatic rings. The Labute approximate surface area is 157 Å². The molecule has 1 aromatic heterocycles. The highest BCUT2D eigenvalue weighted by Gasteiger charge is 2.19. The van der Waals surface area contributed by atoms with Crippen molar-refractivity contribution in [3.63, 3.8) is 0 Å². The molecule has 3 rings (SSSR count). The highest BCUT2D eigenvalue weighted by atomic mass is 16.5. The molecule has 0 saturated heterocycles. The van der Waals surface area contributed by atoms with Crippen molar-refractivity contribution in [3.05, 3.63) is 60.2 Å². The summed E-state index contributed by atoms with van der Waals surface area (Å²) in [5, 5.41) is 5.30. The number of para-hydroxylation sites is 2. The molecule has 1 atom stereocenters. The smallest absolute Gasteiger partial charge is 0.408 e. The topological polar surface area (TPSA) is 85.2 Å². The first-order valence-corrected chi connectivity index (χ1v) is 8.82. The molecule has 0 saturated carbocycles. The normalized spacial score (nSPS) is 11.8. The van der Waals surface area contributed by atoms with E-state index in [9.17, 15) is 9.59 Å². The molecule has 7 heteroatoms. The molecule has 2 N–H and O–H groups in total. The Bertz CT molecular complexity index is 937. The second-order valence-electron chi connectivity index (χ2n) is 6.09. The SMILES string of the molecule is CCn1c(NC(=O)[C@H](C)NC(=O)OCc2ccccc2)nc2ccccc21. The van der Waals surface area contributed by atoms with Crippen LogP contribution in [0.1, 0.15) is 19.4 Å². The molecule has 0 aliphatic heterocycles. The van der Waals surface area contributed by atoms with Crippen LogP contribution < -0.4 is 10.6 Å². The first-order chi connectivity index (χ1) is 13.1. The average Bonchev–Trinajstić information content (AvgIpc) is 3.04. The van der Waals surface area contributed by atoms with E-state index >= 15 is 0 Å². The van der Waals surface area contributed by atoms with E-state index in [0.717, 1.165) is 16.6 Å². The Hall–Kier alpha value is -3.35. The molecule has 0 aliphatic carbocycles. The number of alkyl carbamates (subject to hydrolysis) is 1. The highest BCUT2D eigenvalue weighted by Crippen LogP contribution is 2.19. The largest absolute Gasteiger partial charge is 0.445 e. The molecular weight excluding hydrogens is 344 g/mol. The van der Waals surface area contributed by atoms with Gasteiger partial charge in [-0.2, -0.15) is 0 Å². The third-order valence-corrected chi connectivity index (χ3v) is 4.15. The van der Waals surface area contributed by atoms with Crippen LogP contribution in [0.3, 0.4) is 0 Å². The van der Waals surface area contributed by atoms with E-state index in [1.807, 2.05) is 66.1 Å². The summed E-state index contributed by atoms with van der Waals surface area (Å²) in [5.74, 6) is 0.0895. The van der Waals surface area contributed by atoms with Crippen molar-refractivity contribution >= 4 is 29.0 Å². The van der Waals surface area contributed by atoms with Gasteiger partial charge in [0.05, 0.1) is 11.0 Å². The van der Waals surface area contributed by atoms with Crippen LogP contribution in [0, 0.1) is 0 Å². The number of carbonyl (C=O) groups is 2. The summed E-state index contributed by atoms with van der Waals surface area (Å²) < 4.78 is 7.05. The van der Waals surface area contributed by atoms with Crippen molar-refractivity contribution in [2.75, 3.05) is 5.32 Å². The summed E-state index contributed by atoms with van der Waals surface area (Å²) in [4.78, 5) is 28.8. The lowest BCUT2D eigenvalue weighted by atomic mass is 10.2. The van der Waals surface area contributed by atoms with Crippen molar-refractivity contribution < 1.29 is 14.3 Å². The summed E-state index contributed by atoms with van der Waals surface area (Å²) in [6.07, 6.45) is -0.648. The lowest BCUT2D eigenvalue weighted by Crippen LogP contribution is -2.42. The number of hydrogen-bond donors (Lipinski definition) is 2. The maximum absolute atomic E-state index is 12.4. The zero-order chi connectivity index (χ0) is 19.2. The Morgan fingerprint density at radius 1 is 1.11 bits per heavy atom. The van der Waals surface area contributed by atoms with Crippen LogP contribution in [0.25, 0.3) is 11.0 Å². The van der Waals surface area contributed by atoms with Crippen LogP contribution in [-0.4, -0.2) is 27.6 Å². The Morgan fingerprint density at radius 3 is 2.56 bits per heavy atom. The molecule has 7 nitrogen and oxygen atoms in total. The number of ether oxygens (including phenoxy) is 1. The number of carbonyl (C=O) groups excluding carboxylic acids is 2. The number of hydrogen-bond acceptors (Lipinski definition) is 4. The summed E-state index contributed by atoms with van der Waals surface area (Å²) in [7, 11) is 0. The van der Waals surface area contributed by atoms with Gasteiger partial charge >= 0.3 is 6.09 Å². The molecule has 0 bridgehead atoms. The number of imidazole rings is 1. The molecule has 0 radical (unpaired) electrons. The fourth-order valence-electron chi connectivity index (χ4n) is 2.72. The van der Waals surface area contributed by atoms with Crippen LogP contribution in [0.4, 0.5) is 10.7 Å². The third-order valence-electron chi connectivity index (χ3n) is 4.15. The Morgan fingerprint density at radius 2 is 1.81 bits per heavy atom. The highest BCUT2D eigenvalue weighted by molar-refractivity contribution is 5.96. The van der Waals surface area contributed by atoms with Crippen molar-refractivity contribution in [2.24, 2.45) is 0 Å². The first-order valence-electron chi connectivity index (χ1n) is 8.82. The molecule has 27 heavy (non-hydrogen) atoms. The number of nitrogens with zero attached hydrogens (tertiary/aromatic N) is 2. The molecule has 0 unspecified atom stereocenters. The van der Waals surface area contributed by atoms with E-state index in [1.165, 1.54) is 0 Å². The zero-order valence-corrected chi connectivity index (χ0v) is 15.3. The second-order valence-corrected chi connectivity index (χ2v) is 6.09. The van der Waals surface area contributed by atoms with Gasteiger partial charge in [0.25, 0.3) is 0 Å². The van der Waals surface area contributed by atoms with Gasteiger partial charge in [-0.15, -0.1) is 0 Å². The average molecular weight is 366 g/mol. The number of rotatable bonds is 6. The summed E-state index contributed by atoms with van der Waals surface area (Å²) in [5.41, 5.74) is 2.62. The first kappa shape index (κ1) is 18.4. The summed E-state index contributed by atoms with van der Waals surface area (Å²) in [6, 6.07) is 16.2. The predicted molar refractivity (Wildman–Crippen MR) is 103 cm³/mol. The molecule has 2 aromatic carbocycles. The van der Waals surface area contributed by atoms with Gasteiger partial charge in [-0.1, -0.05) is 42.5 Å². The Balaban J connectivity index is 1.58. The maximum Gasteiger partial charge on any atom is 0.408 e. The van der Waals surface area contributed by atoms with Crippen LogP contribution in [-0.2, 0) is 22.7 Å². The monoisotopic (exact) mass is 366 g/mol. The summed E-state index contributed by atoms with van der Waals surface area (Å²) in [6.45, 7) is 4.38. The maximum atomic E-state index is 12.4. The van der Waals surface area contributed by atoms with Gasteiger partial charge in [0, 0.05) is 6.54 Å². The van der Waals surface area contributed by atoms with Gasteiger partial charge in [-0.3, -0.25) is 10.1 Å². The number of anilines is 1. The van der Waals surface area contributed by atoms with Gasteiger partial charge in [-0.05, 0) is 31.5 Å². The minimum absolute atomic E-state index is 0.145. The van der Waals surface area contributed by atoms with Crippen LogP contribution in [0.15, 0.2) is 54.6 Å². The van der Waals surface area contributed by atoms with E-state index < -0.39 is 12.1 Å². The molecular formula is C20H22N4O3. The van der Waals surface area contributed by atoms with Crippen molar-refractivity contribution in [2.45, 2.75) is 33.0 Å². The fraction of sp³-hybridized carbons (Fsp3) is 0.250. The molecule has 2 amide bonds. The molecule has 140 valence electrons. The van der Waals surface area contributed by atoms with Crippen molar-refractivity contribution in [1.29, 1.82) is 0 Å². The molecule has 3 aromatic rings. The van der Waals surface area contributed by atoms with Crippen LogP contribution >= 0.6 is 0 Å². The minimum Gasteiger partial charge on any atom is -0.445 e. The lowest BCUT2D eigenvalue weighted by molar-refractivity contribution is -0.117. The van der Waals surface area contributed by atoms with Crippen molar-refractivity contribution in [1.82, 2.24) is 14.9 Å². The molecule has 0 fully saturated rings. The minimum atomic E-state index is -0.765. The fourth-order valence-corrected chi connectivity index (χ4v) is 2.72. The predicted octanol–water partition coefficient (Wildman–Crippen LogP) is 3.31. The van der Waals surface area contributed by atoms with E-state index in [0.29, 0.717) is 12.5 Å². The number of fused-ring (bicyclic) bond motifs is 1. The summed E-state index contributed by atoms with van der Waals surface area (Å²) >= 11 is 0. The molecule has 1 heterocycles. The van der Waals surface area contributed by atoms with E-state index in [2.05, 4.69) is 15.6 Å². The van der Waals surface area contributed by atoms with Gasteiger partial charge in [0.2, 0.25) is 11.9 Å². The van der Waals surface area contributed by atoms with Gasteiger partial charge < -0.3 is 14.6 Å². The Kier molecular flexibility index (Phi) is 5.71. The number of amides is 2. The second kappa shape index (κ2) is 8.35. The van der Waals surface area contributed by atoms with E-state index in [1.54, 1.807) is 6.92 Å². The number of nitrogens with one attached hydrogen (secondary N) is 2. The van der Waals surface area contributed by atoms with E-state index in [4.69, 9.17) is 4.74 Å². The quantitative estimate of drug-likeness (QED) is 0.701. The van der Waals surface area contributed by atoms with E-state index in [-0.39, 0.29) is 12.5 Å². The standard InChI is InChI=1S/C20H22N4O3/c1-3-24-17-12-8-7-11-16(17)22-19(24)23-18(25)14(2)21-20(26)27-13-15-9-5-4-6-10-15/h4-12,14H,3,13H2,1-2H3,(H,21,26)(H,22,23,25)/t14-/m0/s1. The lowest BCUT2D eigenvalue weighted by Gasteiger charge is -2.14. The van der Waals surface area contributed by atoms with Crippen LogP contribution in [0.5, 0.6) is 0 Å². The third kappa shape index (κ3) is 4.44. The number of aryl methyl sites for hydroxylation is 1. The van der Waals surface area contributed by atoms with Crippen molar-refractivity contribution in [3.8, 4) is 0 Å². The number of aromatic nitrogens is 2. The zero-order valence-electron chi connectivity index (χ0n) is 15.3.